The van der Waals surface area contributed by atoms with E-state index in [0.29, 0.717) is 6.04 Å². The molecule has 1 saturated carbocycles. The van der Waals surface area contributed by atoms with Crippen LogP contribution in [-0.2, 0) is 4.79 Å². The van der Waals surface area contributed by atoms with Crippen molar-refractivity contribution in [3.05, 3.63) is 11.6 Å². The first kappa shape index (κ1) is 10.0. The van der Waals surface area contributed by atoms with E-state index < -0.39 is 0 Å². The Morgan fingerprint density at radius 1 is 1.29 bits per heavy atom. The highest BCUT2D eigenvalue weighted by molar-refractivity contribution is 6.41. The molecular weight excluding hydrogens is 198 g/mol. The molecule has 0 N–H and O–H groups in total. The second-order valence-electron chi connectivity index (χ2n) is 4.30. The van der Waals surface area contributed by atoms with Gasteiger partial charge in [-0.05, 0) is 31.6 Å². The Balaban J connectivity index is 2.10. The summed E-state index contributed by atoms with van der Waals surface area (Å²) in [5.41, 5.74) is 0. The van der Waals surface area contributed by atoms with E-state index in [2.05, 4.69) is 6.58 Å². The number of carbonyl (C=O) groups excluding carboxylic acids is 1. The maximum absolute atomic E-state index is 11.7. The van der Waals surface area contributed by atoms with Crippen LogP contribution in [0, 0.1) is 5.92 Å². The first-order valence-corrected chi connectivity index (χ1v) is 5.73. The summed E-state index contributed by atoms with van der Waals surface area (Å²) in [6, 6.07) is 0.451. The summed E-state index contributed by atoms with van der Waals surface area (Å²) in [5.74, 6) is 0.673. The van der Waals surface area contributed by atoms with Crippen molar-refractivity contribution < 1.29 is 4.79 Å². The van der Waals surface area contributed by atoms with Gasteiger partial charge in [0.15, 0.2) is 0 Å². The second kappa shape index (κ2) is 3.93. The summed E-state index contributed by atoms with van der Waals surface area (Å²) in [4.78, 5) is 13.7. The van der Waals surface area contributed by atoms with Crippen molar-refractivity contribution in [3.8, 4) is 0 Å². The van der Waals surface area contributed by atoms with Gasteiger partial charge < -0.3 is 4.90 Å². The van der Waals surface area contributed by atoms with Crippen molar-refractivity contribution in [2.24, 2.45) is 5.92 Å². The minimum absolute atomic E-state index is 0.0525. The normalized spacial score (nSPS) is 31.4. The lowest BCUT2D eigenvalue weighted by Gasteiger charge is -2.37. The lowest BCUT2D eigenvalue weighted by atomic mass is 9.92. The van der Waals surface area contributed by atoms with Crippen LogP contribution in [0.2, 0.25) is 0 Å². The zero-order chi connectivity index (χ0) is 10.1. The van der Waals surface area contributed by atoms with Crippen molar-refractivity contribution in [3.63, 3.8) is 0 Å². The summed E-state index contributed by atoms with van der Waals surface area (Å²) in [6.07, 6.45) is 6.10. The highest BCUT2D eigenvalue weighted by atomic mass is 35.5. The van der Waals surface area contributed by atoms with E-state index in [1.165, 1.54) is 19.3 Å². The van der Waals surface area contributed by atoms with E-state index in [1.54, 1.807) is 0 Å². The van der Waals surface area contributed by atoms with Gasteiger partial charge in [0, 0.05) is 12.6 Å². The number of piperidine rings is 1. The van der Waals surface area contributed by atoms with Crippen LogP contribution in [0.1, 0.15) is 32.1 Å². The van der Waals surface area contributed by atoms with Crippen LogP contribution in [0.3, 0.4) is 0 Å². The van der Waals surface area contributed by atoms with Crippen molar-refractivity contribution in [2.75, 3.05) is 6.54 Å². The van der Waals surface area contributed by atoms with Crippen LogP contribution in [0.5, 0.6) is 0 Å². The SMILES string of the molecule is C=C(Cl)C(=O)N1CCCC2CCCC21. The van der Waals surface area contributed by atoms with Crippen LogP contribution in [0.15, 0.2) is 11.6 Å². The first-order chi connectivity index (χ1) is 6.70. The number of hydrogen-bond acceptors (Lipinski definition) is 1. The summed E-state index contributed by atoms with van der Waals surface area (Å²) >= 11 is 5.67. The number of fused-ring (bicyclic) bond motifs is 1. The van der Waals surface area contributed by atoms with E-state index in [9.17, 15) is 4.79 Å². The molecule has 2 aliphatic rings. The Morgan fingerprint density at radius 3 is 2.71 bits per heavy atom. The van der Waals surface area contributed by atoms with Gasteiger partial charge in [-0.1, -0.05) is 24.6 Å². The second-order valence-corrected chi connectivity index (χ2v) is 4.76. The molecule has 0 radical (unpaired) electrons. The number of rotatable bonds is 1. The zero-order valence-electron chi connectivity index (χ0n) is 8.34. The molecule has 0 aromatic rings. The number of amides is 1. The lowest BCUT2D eigenvalue weighted by molar-refractivity contribution is -0.130. The van der Waals surface area contributed by atoms with Gasteiger partial charge in [0.2, 0.25) is 0 Å². The van der Waals surface area contributed by atoms with E-state index in [0.717, 1.165) is 25.3 Å². The molecule has 0 bridgehead atoms. The first-order valence-electron chi connectivity index (χ1n) is 5.35. The van der Waals surface area contributed by atoms with E-state index in [4.69, 9.17) is 11.6 Å². The smallest absolute Gasteiger partial charge is 0.264 e. The number of hydrogen-bond donors (Lipinski definition) is 0. The van der Waals surface area contributed by atoms with Crippen LogP contribution in [-0.4, -0.2) is 23.4 Å². The van der Waals surface area contributed by atoms with Gasteiger partial charge >= 0.3 is 0 Å². The molecule has 2 atom stereocenters. The molecule has 0 aromatic heterocycles. The third-order valence-corrected chi connectivity index (χ3v) is 3.65. The molecule has 14 heavy (non-hydrogen) atoms. The van der Waals surface area contributed by atoms with Crippen LogP contribution >= 0.6 is 11.6 Å². The minimum atomic E-state index is -0.0525. The van der Waals surface area contributed by atoms with Crippen molar-refractivity contribution in [1.82, 2.24) is 4.90 Å². The van der Waals surface area contributed by atoms with Crippen LogP contribution < -0.4 is 0 Å². The number of carbonyl (C=O) groups is 1. The van der Waals surface area contributed by atoms with E-state index >= 15 is 0 Å². The molecule has 0 aromatic carbocycles. The number of halogens is 1. The highest BCUT2D eigenvalue weighted by Gasteiger charge is 2.37. The molecule has 1 amide bonds. The Labute approximate surface area is 89.9 Å². The third-order valence-electron chi connectivity index (χ3n) is 3.49. The molecule has 1 saturated heterocycles. The Hall–Kier alpha value is -0.500. The predicted molar refractivity (Wildman–Crippen MR) is 57.1 cm³/mol. The maximum Gasteiger partial charge on any atom is 0.264 e. The quantitative estimate of drug-likeness (QED) is 0.613. The predicted octanol–water partition coefficient (Wildman–Crippen LogP) is 2.53. The summed E-state index contributed by atoms with van der Waals surface area (Å²) in [6.45, 7) is 4.39. The van der Waals surface area contributed by atoms with Crippen molar-refractivity contribution >= 4 is 17.5 Å². The Bertz CT molecular complexity index is 264. The summed E-state index contributed by atoms with van der Waals surface area (Å²) < 4.78 is 0. The molecule has 1 heterocycles. The third kappa shape index (κ3) is 1.68. The number of likely N-dealkylation sites (tertiary alicyclic amines) is 1. The average molecular weight is 214 g/mol. The maximum atomic E-state index is 11.7. The monoisotopic (exact) mass is 213 g/mol. The molecular formula is C11H16ClNO. The molecule has 1 aliphatic heterocycles. The fraction of sp³-hybridized carbons (Fsp3) is 0.727. The molecule has 78 valence electrons. The molecule has 2 nitrogen and oxygen atoms in total. The van der Waals surface area contributed by atoms with E-state index in [-0.39, 0.29) is 10.9 Å². The highest BCUT2D eigenvalue weighted by Crippen LogP contribution is 2.37. The van der Waals surface area contributed by atoms with Crippen LogP contribution in [0.4, 0.5) is 0 Å². The van der Waals surface area contributed by atoms with Gasteiger partial charge in [-0.15, -0.1) is 0 Å². The minimum Gasteiger partial charge on any atom is -0.335 e. The van der Waals surface area contributed by atoms with Gasteiger partial charge in [-0.2, -0.15) is 0 Å². The Kier molecular flexibility index (Phi) is 2.82. The summed E-state index contributed by atoms with van der Waals surface area (Å²) in [7, 11) is 0. The standard InChI is InChI=1S/C11H16ClNO/c1-8(12)11(14)13-7-3-5-9-4-2-6-10(9)13/h9-10H,1-7H2. The number of nitrogens with zero attached hydrogens (tertiary/aromatic N) is 1. The fourth-order valence-corrected chi connectivity index (χ4v) is 2.97. The van der Waals surface area contributed by atoms with Gasteiger partial charge in [-0.25, -0.2) is 0 Å². The van der Waals surface area contributed by atoms with Gasteiger partial charge in [0.25, 0.3) is 5.91 Å². The van der Waals surface area contributed by atoms with Gasteiger partial charge in [0.1, 0.15) is 0 Å². The lowest BCUT2D eigenvalue weighted by Crippen LogP contribution is -2.46. The van der Waals surface area contributed by atoms with Crippen LogP contribution in [0.25, 0.3) is 0 Å². The van der Waals surface area contributed by atoms with Crippen molar-refractivity contribution in [2.45, 2.75) is 38.1 Å². The summed E-state index contributed by atoms with van der Waals surface area (Å²) in [5, 5.41) is 0.164. The molecule has 2 unspecified atom stereocenters. The Morgan fingerprint density at radius 2 is 2.00 bits per heavy atom. The van der Waals surface area contributed by atoms with Crippen molar-refractivity contribution in [1.29, 1.82) is 0 Å². The molecule has 3 heteroatoms. The molecule has 2 fully saturated rings. The van der Waals surface area contributed by atoms with E-state index in [1.807, 2.05) is 4.90 Å². The van der Waals surface area contributed by atoms with Gasteiger partial charge in [-0.3, -0.25) is 4.79 Å². The molecule has 0 spiro atoms. The zero-order valence-corrected chi connectivity index (χ0v) is 9.09. The largest absolute Gasteiger partial charge is 0.335 e. The fourth-order valence-electron chi connectivity index (χ4n) is 2.86. The average Bonchev–Trinajstić information content (AvgIpc) is 2.63. The molecule has 1 aliphatic carbocycles. The topological polar surface area (TPSA) is 20.3 Å². The van der Waals surface area contributed by atoms with Gasteiger partial charge in [0.05, 0.1) is 5.03 Å². The molecule has 2 rings (SSSR count).